The van der Waals surface area contributed by atoms with E-state index in [-0.39, 0.29) is 12.5 Å². The standard InChI is InChI=1S/C24H29N5O3S/c1-13-20(19-8-7-18(33-19)16-4-2-3-9-25-16)23(29-24(27-13)26-11-14-5-6-14)28-17-10-15(12-30)21(31)22(17)32/h2-4,7-9,14-15,17,21-22,30-32H,5-6,10-12H2,1H3,(H2,26,27,28,29)/t15-,17-,21-,22+/m1/s1. The van der Waals surface area contributed by atoms with E-state index in [1.54, 1.807) is 17.5 Å². The highest BCUT2D eigenvalue weighted by Gasteiger charge is 2.41. The Hall–Kier alpha value is -2.59. The number of aryl methyl sites for hydroxylation is 1. The van der Waals surface area contributed by atoms with Gasteiger partial charge in [0.05, 0.1) is 34.0 Å². The molecule has 3 heterocycles. The van der Waals surface area contributed by atoms with Crippen LogP contribution in [-0.2, 0) is 0 Å². The molecule has 174 valence electrons. The second-order valence-corrected chi connectivity index (χ2v) is 10.1. The van der Waals surface area contributed by atoms with E-state index in [0.717, 1.165) is 33.3 Å². The number of hydrogen-bond donors (Lipinski definition) is 5. The zero-order chi connectivity index (χ0) is 22.9. The molecule has 0 bridgehead atoms. The minimum Gasteiger partial charge on any atom is -0.396 e. The number of aliphatic hydroxyl groups is 3. The third-order valence-electron chi connectivity index (χ3n) is 6.46. The third kappa shape index (κ3) is 4.72. The molecule has 0 radical (unpaired) electrons. The van der Waals surface area contributed by atoms with E-state index < -0.39 is 18.2 Å². The smallest absolute Gasteiger partial charge is 0.224 e. The zero-order valence-electron chi connectivity index (χ0n) is 18.5. The van der Waals surface area contributed by atoms with E-state index >= 15 is 0 Å². The first-order valence-corrected chi connectivity index (χ1v) is 12.2. The van der Waals surface area contributed by atoms with Crippen LogP contribution in [0.1, 0.15) is 25.0 Å². The van der Waals surface area contributed by atoms with Crippen LogP contribution in [0, 0.1) is 18.8 Å². The molecule has 3 aromatic rings. The van der Waals surface area contributed by atoms with Crippen LogP contribution >= 0.6 is 11.3 Å². The summed E-state index contributed by atoms with van der Waals surface area (Å²) in [7, 11) is 0. The molecular formula is C24H29N5O3S. The number of hydrogen-bond acceptors (Lipinski definition) is 9. The fourth-order valence-corrected chi connectivity index (χ4v) is 5.43. The molecule has 0 spiro atoms. The fraction of sp³-hybridized carbons (Fsp3) is 0.458. The van der Waals surface area contributed by atoms with Crippen LogP contribution in [0.4, 0.5) is 11.8 Å². The molecule has 4 atom stereocenters. The van der Waals surface area contributed by atoms with Gasteiger partial charge in [-0.1, -0.05) is 6.07 Å². The summed E-state index contributed by atoms with van der Waals surface area (Å²) in [6.45, 7) is 2.64. The maximum atomic E-state index is 10.6. The number of nitrogens with zero attached hydrogens (tertiary/aromatic N) is 3. The van der Waals surface area contributed by atoms with Crippen LogP contribution in [0.25, 0.3) is 21.0 Å². The minimum absolute atomic E-state index is 0.168. The highest BCUT2D eigenvalue weighted by atomic mass is 32.1. The number of anilines is 2. The van der Waals surface area contributed by atoms with Gasteiger partial charge in [-0.2, -0.15) is 4.98 Å². The summed E-state index contributed by atoms with van der Waals surface area (Å²) in [5.74, 6) is 1.48. The lowest BCUT2D eigenvalue weighted by atomic mass is 10.1. The van der Waals surface area contributed by atoms with E-state index in [1.165, 1.54) is 12.8 Å². The number of pyridine rings is 1. The van der Waals surface area contributed by atoms with Crippen LogP contribution in [0.3, 0.4) is 0 Å². The Labute approximate surface area is 196 Å². The number of aliphatic hydroxyl groups excluding tert-OH is 3. The van der Waals surface area contributed by atoms with Gasteiger partial charge in [0.2, 0.25) is 5.95 Å². The number of aromatic nitrogens is 3. The van der Waals surface area contributed by atoms with Gasteiger partial charge < -0.3 is 26.0 Å². The Morgan fingerprint density at radius 1 is 1.06 bits per heavy atom. The van der Waals surface area contributed by atoms with Crippen molar-refractivity contribution in [1.29, 1.82) is 0 Å². The second-order valence-electron chi connectivity index (χ2n) is 8.97. The van der Waals surface area contributed by atoms with E-state index in [9.17, 15) is 15.3 Å². The van der Waals surface area contributed by atoms with Gasteiger partial charge in [-0.3, -0.25) is 4.98 Å². The zero-order valence-corrected chi connectivity index (χ0v) is 19.3. The molecule has 0 amide bonds. The topological polar surface area (TPSA) is 123 Å². The lowest BCUT2D eigenvalue weighted by Gasteiger charge is -2.21. The van der Waals surface area contributed by atoms with E-state index in [1.807, 2.05) is 37.3 Å². The van der Waals surface area contributed by atoms with Gasteiger partial charge in [0, 0.05) is 30.1 Å². The molecule has 5 rings (SSSR count). The van der Waals surface area contributed by atoms with Crippen molar-refractivity contribution < 1.29 is 15.3 Å². The van der Waals surface area contributed by atoms with Crippen LogP contribution in [0.15, 0.2) is 36.5 Å². The van der Waals surface area contributed by atoms with E-state index in [0.29, 0.717) is 24.1 Å². The van der Waals surface area contributed by atoms with Gasteiger partial charge >= 0.3 is 0 Å². The summed E-state index contributed by atoms with van der Waals surface area (Å²) < 4.78 is 0. The quantitative estimate of drug-likeness (QED) is 0.343. The highest BCUT2D eigenvalue weighted by molar-refractivity contribution is 7.18. The Morgan fingerprint density at radius 3 is 2.58 bits per heavy atom. The van der Waals surface area contributed by atoms with Crippen molar-refractivity contribution in [3.63, 3.8) is 0 Å². The average molecular weight is 468 g/mol. The van der Waals surface area contributed by atoms with Gasteiger partial charge in [-0.05, 0) is 56.4 Å². The third-order valence-corrected chi connectivity index (χ3v) is 7.59. The predicted octanol–water partition coefficient (Wildman–Crippen LogP) is 2.91. The van der Waals surface area contributed by atoms with Crippen molar-refractivity contribution in [1.82, 2.24) is 15.0 Å². The molecule has 3 aromatic heterocycles. The second kappa shape index (κ2) is 9.34. The summed E-state index contributed by atoms with van der Waals surface area (Å²) in [6, 6.07) is 9.51. The molecule has 0 unspecified atom stereocenters. The summed E-state index contributed by atoms with van der Waals surface area (Å²) in [5, 5.41) is 37.1. The van der Waals surface area contributed by atoms with Crippen LogP contribution in [-0.4, -0.2) is 61.7 Å². The summed E-state index contributed by atoms with van der Waals surface area (Å²) in [5.41, 5.74) is 2.60. The van der Waals surface area contributed by atoms with Crippen molar-refractivity contribution in [2.45, 2.75) is 44.4 Å². The first-order chi connectivity index (χ1) is 16.0. The van der Waals surface area contributed by atoms with Gasteiger partial charge in [0.1, 0.15) is 11.9 Å². The molecule has 0 saturated heterocycles. The van der Waals surface area contributed by atoms with Crippen molar-refractivity contribution in [3.05, 3.63) is 42.2 Å². The summed E-state index contributed by atoms with van der Waals surface area (Å²) >= 11 is 1.61. The molecular weight excluding hydrogens is 438 g/mol. The molecule has 2 saturated carbocycles. The maximum Gasteiger partial charge on any atom is 0.224 e. The van der Waals surface area contributed by atoms with Crippen molar-refractivity contribution in [2.24, 2.45) is 11.8 Å². The van der Waals surface area contributed by atoms with Gasteiger partial charge in [0.25, 0.3) is 0 Å². The maximum absolute atomic E-state index is 10.6. The van der Waals surface area contributed by atoms with Gasteiger partial charge in [-0.15, -0.1) is 11.3 Å². The number of rotatable bonds is 8. The van der Waals surface area contributed by atoms with E-state index in [4.69, 9.17) is 9.97 Å². The summed E-state index contributed by atoms with van der Waals surface area (Å²) in [6.07, 6.45) is 2.74. The van der Waals surface area contributed by atoms with Crippen molar-refractivity contribution in [3.8, 4) is 21.0 Å². The lowest BCUT2D eigenvalue weighted by molar-refractivity contribution is 0.00446. The molecule has 8 nitrogen and oxygen atoms in total. The average Bonchev–Trinajstić information content (AvgIpc) is 3.47. The van der Waals surface area contributed by atoms with Crippen molar-refractivity contribution >= 4 is 23.1 Å². The summed E-state index contributed by atoms with van der Waals surface area (Å²) in [4.78, 5) is 16.0. The molecule has 2 fully saturated rings. The minimum atomic E-state index is -0.986. The Balaban J connectivity index is 1.49. The molecule has 2 aliphatic carbocycles. The Kier molecular flexibility index (Phi) is 6.29. The van der Waals surface area contributed by atoms with Crippen LogP contribution in [0.2, 0.25) is 0 Å². The monoisotopic (exact) mass is 467 g/mol. The molecule has 0 aromatic carbocycles. The first-order valence-electron chi connectivity index (χ1n) is 11.4. The van der Waals surface area contributed by atoms with Gasteiger partial charge in [-0.25, -0.2) is 4.98 Å². The number of thiophene rings is 1. The normalized spacial score (nSPS) is 24.7. The largest absolute Gasteiger partial charge is 0.396 e. The molecule has 0 aliphatic heterocycles. The number of nitrogens with one attached hydrogen (secondary N) is 2. The molecule has 33 heavy (non-hydrogen) atoms. The van der Waals surface area contributed by atoms with Crippen LogP contribution < -0.4 is 10.6 Å². The predicted molar refractivity (Wildman–Crippen MR) is 129 cm³/mol. The van der Waals surface area contributed by atoms with Gasteiger partial charge in [0.15, 0.2) is 0 Å². The lowest BCUT2D eigenvalue weighted by Crippen LogP contribution is -2.35. The fourth-order valence-electron chi connectivity index (χ4n) is 4.35. The van der Waals surface area contributed by atoms with Crippen LogP contribution in [0.5, 0.6) is 0 Å². The highest BCUT2D eigenvalue weighted by Crippen LogP contribution is 2.40. The van der Waals surface area contributed by atoms with Crippen molar-refractivity contribution in [2.75, 3.05) is 23.8 Å². The molecule has 9 heteroatoms. The Morgan fingerprint density at radius 2 is 1.88 bits per heavy atom. The Bertz CT molecular complexity index is 1100. The van der Waals surface area contributed by atoms with E-state index in [2.05, 4.69) is 15.6 Å². The molecule has 5 N–H and O–H groups in total. The SMILES string of the molecule is Cc1nc(NCC2CC2)nc(N[C@@H]2C[C@H](CO)[C@@H](O)[C@H]2O)c1-c1ccc(-c2ccccn2)s1. The first kappa shape index (κ1) is 22.2. The molecule has 2 aliphatic rings.